The van der Waals surface area contributed by atoms with Gasteiger partial charge >= 0.3 is 6.18 Å². The van der Waals surface area contributed by atoms with Crippen LogP contribution < -0.4 is 10.9 Å². The largest absolute Gasteiger partial charge is 0.416 e. The number of nitrogens with zero attached hydrogens (tertiary/aromatic N) is 5. The third-order valence-electron chi connectivity index (χ3n) is 6.22. The lowest BCUT2D eigenvalue weighted by atomic mass is 10.1. The Morgan fingerprint density at radius 3 is 2.61 bits per heavy atom. The average molecular weight is 525 g/mol. The molecule has 38 heavy (non-hydrogen) atoms. The maximum Gasteiger partial charge on any atom is 0.416 e. The number of morpholine rings is 1. The summed E-state index contributed by atoms with van der Waals surface area (Å²) in [5.41, 5.74) is -1.11. The van der Waals surface area contributed by atoms with Gasteiger partial charge < -0.3 is 10.1 Å². The van der Waals surface area contributed by atoms with Crippen LogP contribution in [0.4, 0.5) is 19.0 Å². The van der Waals surface area contributed by atoms with Gasteiger partial charge in [-0.25, -0.2) is 15.0 Å². The van der Waals surface area contributed by atoms with E-state index in [1.165, 1.54) is 35.9 Å². The number of hydrogen-bond acceptors (Lipinski definition) is 7. The van der Waals surface area contributed by atoms with Crippen molar-refractivity contribution in [2.45, 2.75) is 12.7 Å². The van der Waals surface area contributed by atoms with Crippen LogP contribution in [-0.4, -0.2) is 56.6 Å². The number of nitrogens with one attached hydrogen (secondary N) is 1. The fourth-order valence-corrected chi connectivity index (χ4v) is 4.26. The molecule has 1 fully saturated rings. The molecule has 1 aliphatic rings. The minimum atomic E-state index is -4.56. The number of aromatic nitrogens is 4. The maximum absolute atomic E-state index is 13.3. The summed E-state index contributed by atoms with van der Waals surface area (Å²) in [5, 5.41) is 2.88. The van der Waals surface area contributed by atoms with Crippen LogP contribution in [0.25, 0.3) is 22.3 Å². The zero-order chi connectivity index (χ0) is 26.9. The molecular weight excluding hydrogens is 501 g/mol. The molecule has 3 heterocycles. The molecule has 4 aromatic rings. The average Bonchev–Trinajstić information content (AvgIpc) is 2.91. The van der Waals surface area contributed by atoms with Crippen LogP contribution in [0.3, 0.4) is 0 Å². The van der Waals surface area contributed by atoms with Crippen LogP contribution in [0.5, 0.6) is 0 Å². The van der Waals surface area contributed by atoms with Crippen LogP contribution >= 0.6 is 0 Å². The van der Waals surface area contributed by atoms with E-state index in [1.54, 1.807) is 18.3 Å². The van der Waals surface area contributed by atoms with Gasteiger partial charge in [0.1, 0.15) is 17.5 Å². The minimum Gasteiger partial charge on any atom is -0.379 e. The summed E-state index contributed by atoms with van der Waals surface area (Å²) in [5.74, 6) is 0.236. The zero-order valence-electron chi connectivity index (χ0n) is 20.3. The second kappa shape index (κ2) is 10.3. The SMILES string of the molecule is Cn1c(-c2cccc(C(F)(F)F)c2)nc2c(C(=O)Nc3ccnc(CN4CCOCC4)n3)cccc2c1=O. The molecule has 12 heteroatoms. The van der Waals surface area contributed by atoms with Crippen LogP contribution in [-0.2, 0) is 24.5 Å². The molecule has 196 valence electrons. The lowest BCUT2D eigenvalue weighted by Gasteiger charge is -2.25. The van der Waals surface area contributed by atoms with E-state index in [1.807, 2.05) is 0 Å². The highest BCUT2D eigenvalue weighted by Gasteiger charge is 2.31. The number of para-hydroxylation sites is 1. The van der Waals surface area contributed by atoms with Crippen LogP contribution in [0, 0.1) is 0 Å². The van der Waals surface area contributed by atoms with Gasteiger partial charge in [-0.2, -0.15) is 13.2 Å². The van der Waals surface area contributed by atoms with Crippen LogP contribution in [0.15, 0.2) is 59.5 Å². The van der Waals surface area contributed by atoms with Crippen molar-refractivity contribution in [1.29, 1.82) is 0 Å². The van der Waals surface area contributed by atoms with E-state index in [4.69, 9.17) is 4.74 Å². The number of halogens is 3. The number of benzene rings is 2. The molecule has 2 aromatic carbocycles. The molecule has 1 saturated heterocycles. The van der Waals surface area contributed by atoms with Gasteiger partial charge in [0.15, 0.2) is 0 Å². The van der Waals surface area contributed by atoms with Crippen LogP contribution in [0.1, 0.15) is 21.7 Å². The number of ether oxygens (including phenoxy) is 1. The maximum atomic E-state index is 13.3. The van der Waals surface area contributed by atoms with E-state index >= 15 is 0 Å². The summed E-state index contributed by atoms with van der Waals surface area (Å²) >= 11 is 0. The summed E-state index contributed by atoms with van der Waals surface area (Å²) in [6.07, 6.45) is -3.02. The van der Waals surface area contributed by atoms with Gasteiger partial charge in [0.25, 0.3) is 11.5 Å². The predicted octanol–water partition coefficient (Wildman–Crippen LogP) is 3.49. The van der Waals surface area contributed by atoms with Crippen molar-refractivity contribution in [3.05, 3.63) is 82.0 Å². The van der Waals surface area contributed by atoms with E-state index in [0.29, 0.717) is 25.6 Å². The molecule has 1 aliphatic heterocycles. The van der Waals surface area contributed by atoms with Gasteiger partial charge in [-0.3, -0.25) is 19.1 Å². The van der Waals surface area contributed by atoms with E-state index in [-0.39, 0.29) is 33.7 Å². The highest BCUT2D eigenvalue weighted by atomic mass is 19.4. The molecule has 0 radical (unpaired) electrons. The molecule has 9 nitrogen and oxygen atoms in total. The number of carbonyl (C=O) groups is 1. The summed E-state index contributed by atoms with van der Waals surface area (Å²) in [6, 6.07) is 10.7. The Morgan fingerprint density at radius 2 is 1.84 bits per heavy atom. The number of fused-ring (bicyclic) bond motifs is 1. The Labute approximate surface area is 214 Å². The number of rotatable bonds is 5. The molecule has 1 N–H and O–H groups in total. The Hall–Kier alpha value is -4.16. The first kappa shape index (κ1) is 25.5. The number of hydrogen-bond donors (Lipinski definition) is 1. The molecule has 0 atom stereocenters. The lowest BCUT2D eigenvalue weighted by Crippen LogP contribution is -2.36. The zero-order valence-corrected chi connectivity index (χ0v) is 20.3. The third-order valence-corrected chi connectivity index (χ3v) is 6.22. The van der Waals surface area contributed by atoms with Crippen molar-refractivity contribution in [3.8, 4) is 11.4 Å². The van der Waals surface area contributed by atoms with Crippen molar-refractivity contribution in [2.24, 2.45) is 7.05 Å². The molecule has 5 rings (SSSR count). The fraction of sp³-hybridized carbons (Fsp3) is 0.269. The molecule has 0 unspecified atom stereocenters. The molecule has 1 amide bonds. The van der Waals surface area contributed by atoms with Crippen molar-refractivity contribution in [2.75, 3.05) is 31.6 Å². The third kappa shape index (κ3) is 5.27. The van der Waals surface area contributed by atoms with Crippen LogP contribution in [0.2, 0.25) is 0 Å². The predicted molar refractivity (Wildman–Crippen MR) is 134 cm³/mol. The van der Waals surface area contributed by atoms with Gasteiger partial charge in [-0.1, -0.05) is 18.2 Å². The number of anilines is 1. The van der Waals surface area contributed by atoms with Crippen molar-refractivity contribution >= 4 is 22.6 Å². The first-order valence-corrected chi connectivity index (χ1v) is 11.8. The Balaban J connectivity index is 1.49. The molecule has 0 saturated carbocycles. The second-order valence-corrected chi connectivity index (χ2v) is 8.78. The molecule has 0 aliphatic carbocycles. The van der Waals surface area contributed by atoms with E-state index in [9.17, 15) is 22.8 Å². The van der Waals surface area contributed by atoms with Gasteiger partial charge in [0.2, 0.25) is 0 Å². The lowest BCUT2D eigenvalue weighted by molar-refractivity contribution is -0.137. The fourth-order valence-electron chi connectivity index (χ4n) is 4.26. The summed E-state index contributed by atoms with van der Waals surface area (Å²) in [4.78, 5) is 41.7. The first-order valence-electron chi connectivity index (χ1n) is 11.8. The monoisotopic (exact) mass is 524 g/mol. The number of alkyl halides is 3. The van der Waals surface area contributed by atoms with Gasteiger partial charge in [-0.05, 0) is 30.3 Å². The number of carbonyl (C=O) groups excluding carboxylic acids is 1. The highest BCUT2D eigenvalue weighted by molar-refractivity contribution is 6.11. The van der Waals surface area contributed by atoms with Crippen molar-refractivity contribution in [3.63, 3.8) is 0 Å². The smallest absolute Gasteiger partial charge is 0.379 e. The standard InChI is InChI=1S/C26H23F3N6O3/c1-34-23(16-4-2-5-17(14-16)26(27,28)29)33-22-18(6-3-7-19(22)25(34)37)24(36)32-20-8-9-30-21(31-20)15-35-10-12-38-13-11-35/h2-9,14H,10-13,15H2,1H3,(H,30,31,32,36). The normalized spacial score (nSPS) is 14.5. The van der Waals surface area contributed by atoms with Crippen molar-refractivity contribution < 1.29 is 22.7 Å². The molecule has 0 spiro atoms. The topological polar surface area (TPSA) is 102 Å². The van der Waals surface area contributed by atoms with Gasteiger partial charge in [0, 0.05) is 31.9 Å². The Kier molecular flexibility index (Phi) is 6.91. The Morgan fingerprint density at radius 1 is 1.08 bits per heavy atom. The van der Waals surface area contributed by atoms with E-state index in [0.717, 1.165) is 25.2 Å². The summed E-state index contributed by atoms with van der Waals surface area (Å²) in [7, 11) is 1.42. The molecule has 2 aromatic heterocycles. The van der Waals surface area contributed by atoms with Gasteiger partial charge in [0.05, 0.1) is 41.8 Å². The highest BCUT2D eigenvalue weighted by Crippen LogP contribution is 2.32. The second-order valence-electron chi connectivity index (χ2n) is 8.78. The molecular formula is C26H23F3N6O3. The molecule has 0 bridgehead atoms. The first-order chi connectivity index (χ1) is 18.2. The Bertz CT molecular complexity index is 1560. The van der Waals surface area contributed by atoms with E-state index < -0.39 is 23.2 Å². The van der Waals surface area contributed by atoms with Gasteiger partial charge in [-0.15, -0.1) is 0 Å². The summed E-state index contributed by atoms with van der Waals surface area (Å²) < 4.78 is 46.4. The van der Waals surface area contributed by atoms with Crippen molar-refractivity contribution in [1.82, 2.24) is 24.4 Å². The summed E-state index contributed by atoms with van der Waals surface area (Å²) in [6.45, 7) is 3.27. The minimum absolute atomic E-state index is 0.00341. The quantitative estimate of drug-likeness (QED) is 0.426. The van der Waals surface area contributed by atoms with E-state index in [2.05, 4.69) is 25.2 Å². The number of amides is 1.